The molecule has 30 heavy (non-hydrogen) atoms. The van der Waals surface area contributed by atoms with Gasteiger partial charge in [-0.05, 0) is 60.8 Å². The molecule has 0 aromatic heterocycles. The quantitative estimate of drug-likeness (QED) is 0.423. The van der Waals surface area contributed by atoms with Crippen LogP contribution < -0.4 is 0 Å². The smallest absolute Gasteiger partial charge is 0.0757 e. The van der Waals surface area contributed by atoms with Crippen molar-refractivity contribution in [2.75, 3.05) is 0 Å². The number of rotatable bonds is 7. The first-order valence-electron chi connectivity index (χ1n) is 12.4. The molecule has 1 aliphatic heterocycles. The monoisotopic (exact) mass is 408 g/mol. The van der Waals surface area contributed by atoms with Gasteiger partial charge in [-0.15, -0.1) is 0 Å². The van der Waals surface area contributed by atoms with Gasteiger partial charge in [0.05, 0.1) is 6.04 Å². The Bertz CT molecular complexity index is 741. The van der Waals surface area contributed by atoms with Crippen LogP contribution in [-0.4, -0.2) is 18.0 Å². The molecule has 2 heteroatoms. The molecule has 166 valence electrons. The maximum absolute atomic E-state index is 8.91. The Morgan fingerprint density at radius 3 is 2.23 bits per heavy atom. The van der Waals surface area contributed by atoms with E-state index in [1.165, 1.54) is 36.8 Å². The van der Waals surface area contributed by atoms with Gasteiger partial charge < -0.3 is 5.41 Å². The van der Waals surface area contributed by atoms with Gasteiger partial charge >= 0.3 is 0 Å². The Morgan fingerprint density at radius 2 is 1.73 bits per heavy atom. The number of allylic oxidation sites excluding steroid dienone is 3. The van der Waals surface area contributed by atoms with Gasteiger partial charge in [0.15, 0.2) is 0 Å². The SMILES string of the molecule is C=C(C)C(C(C)C)C1C=C(C2=CC(C3CC(CC)C(CC)C3)C(C)C(C)C2=N)C=N1. The maximum atomic E-state index is 8.91. The van der Waals surface area contributed by atoms with Crippen LogP contribution in [0.2, 0.25) is 0 Å². The third-order valence-corrected chi connectivity index (χ3v) is 8.67. The van der Waals surface area contributed by atoms with E-state index in [4.69, 9.17) is 10.4 Å². The average Bonchev–Trinajstić information content (AvgIpc) is 3.33. The molecule has 7 atom stereocenters. The second-order valence-corrected chi connectivity index (χ2v) is 10.8. The van der Waals surface area contributed by atoms with E-state index >= 15 is 0 Å². The van der Waals surface area contributed by atoms with Gasteiger partial charge in [0.2, 0.25) is 0 Å². The van der Waals surface area contributed by atoms with Gasteiger partial charge in [-0.3, -0.25) is 4.99 Å². The molecular weight excluding hydrogens is 364 g/mol. The van der Waals surface area contributed by atoms with Crippen molar-refractivity contribution in [2.24, 2.45) is 52.3 Å². The fourth-order valence-electron chi connectivity index (χ4n) is 6.71. The Hall–Kier alpha value is -1.44. The molecule has 0 bridgehead atoms. The zero-order chi connectivity index (χ0) is 22.2. The number of hydrogen-bond donors (Lipinski definition) is 1. The zero-order valence-electron chi connectivity index (χ0n) is 20.4. The van der Waals surface area contributed by atoms with E-state index in [2.05, 4.69) is 67.2 Å². The lowest BCUT2D eigenvalue weighted by molar-refractivity contribution is 0.252. The van der Waals surface area contributed by atoms with E-state index in [0.717, 1.165) is 29.0 Å². The first-order chi connectivity index (χ1) is 14.2. The number of hydrogen-bond acceptors (Lipinski definition) is 2. The van der Waals surface area contributed by atoms with E-state index in [-0.39, 0.29) is 6.04 Å². The molecule has 0 aromatic carbocycles. The van der Waals surface area contributed by atoms with Gasteiger partial charge in [-0.1, -0.05) is 78.7 Å². The number of nitrogens with one attached hydrogen (secondary N) is 1. The normalized spacial score (nSPS) is 37.5. The highest BCUT2D eigenvalue weighted by atomic mass is 14.8. The molecule has 0 radical (unpaired) electrons. The molecule has 7 unspecified atom stereocenters. The van der Waals surface area contributed by atoms with Gasteiger partial charge in [-0.2, -0.15) is 0 Å². The predicted octanol–water partition coefficient (Wildman–Crippen LogP) is 7.52. The summed E-state index contributed by atoms with van der Waals surface area (Å²) in [4.78, 5) is 4.87. The van der Waals surface area contributed by atoms with Gasteiger partial charge in [0.1, 0.15) is 0 Å². The molecule has 1 N–H and O–H groups in total. The third kappa shape index (κ3) is 4.30. The van der Waals surface area contributed by atoms with E-state index in [1.54, 1.807) is 0 Å². The second-order valence-electron chi connectivity index (χ2n) is 10.8. The largest absolute Gasteiger partial charge is 0.304 e. The van der Waals surface area contributed by atoms with Crippen LogP contribution in [0.5, 0.6) is 0 Å². The van der Waals surface area contributed by atoms with Crippen molar-refractivity contribution in [3.8, 4) is 0 Å². The van der Waals surface area contributed by atoms with Crippen LogP contribution in [0.15, 0.2) is 40.4 Å². The summed E-state index contributed by atoms with van der Waals surface area (Å²) in [6.07, 6.45) is 12.2. The van der Waals surface area contributed by atoms with Crippen LogP contribution in [0.4, 0.5) is 0 Å². The molecule has 0 amide bonds. The first-order valence-corrected chi connectivity index (χ1v) is 12.4. The van der Waals surface area contributed by atoms with Crippen molar-refractivity contribution in [3.05, 3.63) is 35.5 Å². The van der Waals surface area contributed by atoms with Crippen LogP contribution in [0, 0.1) is 52.8 Å². The van der Waals surface area contributed by atoms with Crippen molar-refractivity contribution in [1.29, 1.82) is 5.41 Å². The average molecular weight is 409 g/mol. The first kappa shape index (κ1) is 23.2. The van der Waals surface area contributed by atoms with E-state index in [1.807, 2.05) is 6.21 Å². The fraction of sp³-hybridized carbons (Fsp3) is 0.714. The van der Waals surface area contributed by atoms with Crippen LogP contribution in [0.25, 0.3) is 0 Å². The lowest BCUT2D eigenvalue weighted by Crippen LogP contribution is -2.34. The van der Waals surface area contributed by atoms with Gasteiger partial charge in [-0.25, -0.2) is 0 Å². The molecular formula is C28H44N2. The topological polar surface area (TPSA) is 36.2 Å². The van der Waals surface area contributed by atoms with Crippen LogP contribution in [0.1, 0.15) is 74.1 Å². The molecule has 0 spiro atoms. The Morgan fingerprint density at radius 1 is 1.13 bits per heavy atom. The van der Waals surface area contributed by atoms with Crippen molar-refractivity contribution in [1.82, 2.24) is 0 Å². The Labute approximate surface area is 185 Å². The minimum Gasteiger partial charge on any atom is -0.304 e. The standard InChI is InChI=1S/C28H44N2/c1-9-20-11-22(12-21(20)10-2)24-14-25(28(29)19(8)18(24)7)23-13-26(30-15-23)27(16(3)4)17(5)6/h13-15,17-22,24,26-27,29H,3,9-12H2,1-2,4-8H3. The lowest BCUT2D eigenvalue weighted by Gasteiger charge is -2.37. The summed E-state index contributed by atoms with van der Waals surface area (Å²) in [6, 6.07) is 0.166. The summed E-state index contributed by atoms with van der Waals surface area (Å²) in [5, 5.41) is 8.91. The summed E-state index contributed by atoms with van der Waals surface area (Å²) >= 11 is 0. The zero-order valence-corrected chi connectivity index (χ0v) is 20.4. The molecule has 3 aliphatic rings. The van der Waals surface area contributed by atoms with Crippen molar-refractivity contribution >= 4 is 11.9 Å². The molecule has 1 saturated carbocycles. The van der Waals surface area contributed by atoms with E-state index < -0.39 is 0 Å². The van der Waals surface area contributed by atoms with E-state index in [0.29, 0.717) is 29.6 Å². The molecule has 2 aliphatic carbocycles. The Balaban J connectivity index is 1.89. The lowest BCUT2D eigenvalue weighted by atomic mass is 9.67. The van der Waals surface area contributed by atoms with Crippen LogP contribution in [-0.2, 0) is 0 Å². The molecule has 0 aromatic rings. The summed E-state index contributed by atoms with van der Waals surface area (Å²) < 4.78 is 0. The van der Waals surface area contributed by atoms with Crippen LogP contribution in [0.3, 0.4) is 0 Å². The number of aliphatic imine (C=N–C) groups is 1. The summed E-state index contributed by atoms with van der Waals surface area (Å²) in [5.74, 6) is 4.88. The Kier molecular flexibility index (Phi) is 7.25. The van der Waals surface area contributed by atoms with Crippen molar-refractivity contribution < 1.29 is 0 Å². The van der Waals surface area contributed by atoms with Gasteiger partial charge in [0.25, 0.3) is 0 Å². The fourth-order valence-corrected chi connectivity index (χ4v) is 6.71. The molecule has 1 heterocycles. The summed E-state index contributed by atoms with van der Waals surface area (Å²) in [6.45, 7) is 20.3. The minimum atomic E-state index is 0.166. The maximum Gasteiger partial charge on any atom is 0.0757 e. The summed E-state index contributed by atoms with van der Waals surface area (Å²) in [5.41, 5.74) is 4.36. The number of nitrogens with zero attached hydrogens (tertiary/aromatic N) is 1. The molecule has 1 fully saturated rings. The van der Waals surface area contributed by atoms with Crippen molar-refractivity contribution in [3.63, 3.8) is 0 Å². The predicted molar refractivity (Wildman–Crippen MR) is 131 cm³/mol. The van der Waals surface area contributed by atoms with Crippen LogP contribution >= 0.6 is 0 Å². The van der Waals surface area contributed by atoms with Crippen molar-refractivity contribution in [2.45, 2.75) is 80.2 Å². The molecule has 2 nitrogen and oxygen atoms in total. The third-order valence-electron chi connectivity index (χ3n) is 8.67. The summed E-state index contributed by atoms with van der Waals surface area (Å²) in [7, 11) is 0. The minimum absolute atomic E-state index is 0.166. The highest BCUT2D eigenvalue weighted by molar-refractivity contribution is 6.11. The van der Waals surface area contributed by atoms with E-state index in [9.17, 15) is 0 Å². The molecule has 0 saturated heterocycles. The van der Waals surface area contributed by atoms with Gasteiger partial charge in [0, 0.05) is 29.3 Å². The highest BCUT2D eigenvalue weighted by Crippen LogP contribution is 2.49. The highest BCUT2D eigenvalue weighted by Gasteiger charge is 2.42. The molecule has 3 rings (SSSR count). The second kappa shape index (κ2) is 9.37.